The van der Waals surface area contributed by atoms with Gasteiger partial charge < -0.3 is 34.2 Å². The van der Waals surface area contributed by atoms with E-state index >= 15 is 0 Å². The van der Waals surface area contributed by atoms with Gasteiger partial charge in [-0.05, 0) is 72.0 Å². The molecule has 6 rings (SSSR count). The Morgan fingerprint density at radius 2 is 1.56 bits per heavy atom. The number of aliphatic hydroxyl groups excluding tert-OH is 4. The van der Waals surface area contributed by atoms with Crippen molar-refractivity contribution in [1.29, 1.82) is 0 Å². The van der Waals surface area contributed by atoms with Crippen LogP contribution in [0.5, 0.6) is 5.75 Å². The van der Waals surface area contributed by atoms with Crippen molar-refractivity contribution in [3.05, 3.63) is 120 Å². The lowest BCUT2D eigenvalue weighted by Crippen LogP contribution is -2.50. The first-order valence-electron chi connectivity index (χ1n) is 16.1. The Balaban J connectivity index is 0.000000349. The lowest BCUT2D eigenvalue weighted by atomic mass is 9.91. The number of ether oxygens (including phenoxy) is 1. The molecule has 4 aromatic rings. The second kappa shape index (κ2) is 16.6. The second-order valence-corrected chi connectivity index (χ2v) is 12.8. The molecule has 2 aliphatic rings. The molecule has 0 spiro atoms. The van der Waals surface area contributed by atoms with Gasteiger partial charge in [-0.25, -0.2) is 4.39 Å². The first kappa shape index (κ1) is 35.5. The number of benzene rings is 4. The highest BCUT2D eigenvalue weighted by Gasteiger charge is 2.38. The number of carbonyl (C=O) groups is 1. The first-order chi connectivity index (χ1) is 23.2. The van der Waals surface area contributed by atoms with Crippen LogP contribution in [0, 0.1) is 12.7 Å². The van der Waals surface area contributed by atoms with Gasteiger partial charge in [0, 0.05) is 12.1 Å². The monoisotopic (exact) mass is 675 g/mol. The fourth-order valence-electron chi connectivity index (χ4n) is 5.71. The predicted octanol–water partition coefficient (Wildman–Crippen LogP) is 6.31. The maximum absolute atomic E-state index is 13.3. The van der Waals surface area contributed by atoms with E-state index in [0.29, 0.717) is 23.6 Å². The van der Waals surface area contributed by atoms with E-state index in [0.717, 1.165) is 28.7 Å². The molecule has 0 saturated carbocycles. The molecular weight excluding hydrogens is 633 g/mol. The Bertz CT molecular complexity index is 1600. The summed E-state index contributed by atoms with van der Waals surface area (Å²) in [5.41, 5.74) is 6.00. The number of hydrogen-bond donors (Lipinski definition) is 4. The van der Waals surface area contributed by atoms with E-state index in [1.54, 1.807) is 17.0 Å². The van der Waals surface area contributed by atoms with Gasteiger partial charge in [-0.1, -0.05) is 73.2 Å². The summed E-state index contributed by atoms with van der Waals surface area (Å²) in [7, 11) is 0. The number of anilines is 1. The molecule has 0 bridgehead atoms. The Hall–Kier alpha value is -3.77. The molecule has 4 N–H and O–H groups in total. The highest BCUT2D eigenvalue weighted by Crippen LogP contribution is 2.39. The molecule has 1 amide bonds. The lowest BCUT2D eigenvalue weighted by molar-refractivity contribution is -0.173. The number of rotatable bonds is 10. The van der Waals surface area contributed by atoms with E-state index in [2.05, 4.69) is 0 Å². The minimum Gasteiger partial charge on any atom is -0.426 e. The topological polar surface area (TPSA) is 120 Å². The molecule has 2 saturated heterocycles. The number of amides is 1. The maximum atomic E-state index is 13.3. The highest BCUT2D eigenvalue weighted by atomic mass is 32.2. The Labute approximate surface area is 285 Å². The largest absolute Gasteiger partial charge is 0.426 e. The molecule has 48 heavy (non-hydrogen) atoms. The van der Waals surface area contributed by atoms with Crippen LogP contribution in [0.25, 0.3) is 11.1 Å². The summed E-state index contributed by atoms with van der Waals surface area (Å²) in [5, 5.41) is 38.5. The van der Waals surface area contributed by atoms with E-state index in [-0.39, 0.29) is 43.0 Å². The standard InChI is InChI=1S/C28H28FNO6S.C10H14O/c29-20-7-9-21(10-8-20)30-24(14-27(30)33)19-3-1-17(2-4-19)18-5-11-22(12-6-18)36-37-16-23-13-25(32)28(34)26(15-31)35-23;1-3-10(11)9-6-4-8(2)5-7-9/h1-12,23-26,28,31-32,34H,13-16H2;4-7,10-11H,3H2,1-2H3/t23?,24?,25?,26?,28-;/m0./s1. The van der Waals surface area contributed by atoms with Crippen molar-refractivity contribution in [2.24, 2.45) is 0 Å². The van der Waals surface area contributed by atoms with Gasteiger partial charge in [-0.3, -0.25) is 4.79 Å². The van der Waals surface area contributed by atoms with Crippen LogP contribution in [-0.4, -0.2) is 63.1 Å². The van der Waals surface area contributed by atoms with Crippen LogP contribution in [0.1, 0.15) is 55.0 Å². The van der Waals surface area contributed by atoms with Crippen LogP contribution >= 0.6 is 12.0 Å². The van der Waals surface area contributed by atoms with Gasteiger partial charge in [0.25, 0.3) is 0 Å². The molecule has 10 heteroatoms. The molecule has 6 atom stereocenters. The quantitative estimate of drug-likeness (QED) is 0.114. The molecule has 2 aliphatic heterocycles. The van der Waals surface area contributed by atoms with Gasteiger partial charge in [0.1, 0.15) is 23.8 Å². The Kier molecular flexibility index (Phi) is 12.3. The average Bonchev–Trinajstić information content (AvgIpc) is 3.10. The molecule has 8 nitrogen and oxygen atoms in total. The number of nitrogens with zero attached hydrogens (tertiary/aromatic N) is 1. The summed E-state index contributed by atoms with van der Waals surface area (Å²) in [4.78, 5) is 13.9. The van der Waals surface area contributed by atoms with Crippen molar-refractivity contribution in [2.45, 2.75) is 69.7 Å². The van der Waals surface area contributed by atoms with E-state index in [1.165, 1.54) is 29.7 Å². The summed E-state index contributed by atoms with van der Waals surface area (Å²) in [5.74, 6) is 0.805. The highest BCUT2D eigenvalue weighted by molar-refractivity contribution is 7.95. The first-order valence-corrected chi connectivity index (χ1v) is 17.0. The average molecular weight is 676 g/mol. The van der Waals surface area contributed by atoms with Crippen molar-refractivity contribution >= 4 is 23.6 Å². The number of hydrogen-bond acceptors (Lipinski definition) is 8. The van der Waals surface area contributed by atoms with Crippen molar-refractivity contribution in [2.75, 3.05) is 17.3 Å². The van der Waals surface area contributed by atoms with E-state index in [9.17, 15) is 29.6 Å². The fourth-order valence-corrected chi connectivity index (χ4v) is 6.39. The van der Waals surface area contributed by atoms with Crippen molar-refractivity contribution < 1.29 is 38.5 Å². The van der Waals surface area contributed by atoms with Gasteiger partial charge >= 0.3 is 0 Å². The minimum atomic E-state index is -1.08. The second-order valence-electron chi connectivity index (χ2n) is 12.1. The number of β-lactam (4-membered cyclic amide) rings is 1. The molecule has 0 radical (unpaired) electrons. The summed E-state index contributed by atoms with van der Waals surface area (Å²) in [6.45, 7) is 3.67. The molecule has 0 aliphatic carbocycles. The van der Waals surface area contributed by atoms with Crippen LogP contribution in [-0.2, 0) is 9.53 Å². The molecule has 5 unspecified atom stereocenters. The third kappa shape index (κ3) is 8.82. The van der Waals surface area contributed by atoms with Crippen molar-refractivity contribution in [3.8, 4) is 16.9 Å². The summed E-state index contributed by atoms with van der Waals surface area (Å²) in [6, 6.07) is 29.6. The van der Waals surface area contributed by atoms with Gasteiger partial charge in [0.2, 0.25) is 5.91 Å². The van der Waals surface area contributed by atoms with Crippen molar-refractivity contribution in [1.82, 2.24) is 0 Å². The molecule has 4 aromatic carbocycles. The fraction of sp³-hybridized carbons (Fsp3) is 0.342. The molecule has 2 heterocycles. The summed E-state index contributed by atoms with van der Waals surface area (Å²) in [6.07, 6.45) is -1.96. The SMILES string of the molecule is CCC(O)c1ccc(C)cc1.O=C1CC(c2ccc(-c3ccc(OSCC4CC(O)[C@H](O)C(CO)O4)cc3)cc2)N1c1ccc(F)cc1. The van der Waals surface area contributed by atoms with Crippen LogP contribution in [0.15, 0.2) is 97.1 Å². The Morgan fingerprint density at radius 1 is 0.938 bits per heavy atom. The normalized spacial score (nSPS) is 22.7. The lowest BCUT2D eigenvalue weighted by Gasteiger charge is -2.40. The van der Waals surface area contributed by atoms with Gasteiger partial charge in [0.15, 0.2) is 0 Å². The van der Waals surface area contributed by atoms with Crippen LogP contribution in [0.3, 0.4) is 0 Å². The van der Waals surface area contributed by atoms with Gasteiger partial charge in [-0.15, -0.1) is 0 Å². The number of aliphatic hydroxyl groups is 4. The molecular formula is C38H42FNO7S. The number of halogens is 1. The maximum Gasteiger partial charge on any atom is 0.230 e. The summed E-state index contributed by atoms with van der Waals surface area (Å²) >= 11 is 1.19. The number of carbonyl (C=O) groups excluding carboxylic acids is 1. The van der Waals surface area contributed by atoms with E-state index < -0.39 is 18.3 Å². The third-order valence-corrected chi connectivity index (χ3v) is 9.44. The van der Waals surface area contributed by atoms with E-state index in [1.807, 2.05) is 86.6 Å². The Morgan fingerprint density at radius 3 is 2.15 bits per heavy atom. The predicted molar refractivity (Wildman–Crippen MR) is 185 cm³/mol. The smallest absolute Gasteiger partial charge is 0.230 e. The van der Waals surface area contributed by atoms with Crippen LogP contribution in [0.4, 0.5) is 10.1 Å². The molecule has 2 fully saturated rings. The minimum absolute atomic E-state index is 0.0196. The zero-order valence-electron chi connectivity index (χ0n) is 27.0. The van der Waals surface area contributed by atoms with Crippen molar-refractivity contribution in [3.63, 3.8) is 0 Å². The van der Waals surface area contributed by atoms with Gasteiger partial charge in [0.05, 0.1) is 55.2 Å². The zero-order valence-corrected chi connectivity index (χ0v) is 27.8. The van der Waals surface area contributed by atoms with Gasteiger partial charge in [-0.2, -0.15) is 0 Å². The number of aryl methyl sites for hydroxylation is 1. The molecule has 254 valence electrons. The van der Waals surface area contributed by atoms with Crippen LogP contribution < -0.4 is 9.08 Å². The van der Waals surface area contributed by atoms with E-state index in [4.69, 9.17) is 8.92 Å². The molecule has 0 aromatic heterocycles. The third-order valence-electron chi connectivity index (χ3n) is 8.62. The summed E-state index contributed by atoms with van der Waals surface area (Å²) < 4.78 is 24.6. The van der Waals surface area contributed by atoms with Crippen LogP contribution in [0.2, 0.25) is 0 Å². The zero-order chi connectivity index (χ0) is 34.2.